The van der Waals surface area contributed by atoms with Crippen LogP contribution in [-0.2, 0) is 0 Å². The van der Waals surface area contributed by atoms with Crippen molar-refractivity contribution in [3.8, 4) is 0 Å². The van der Waals surface area contributed by atoms with Crippen molar-refractivity contribution in [2.75, 3.05) is 41.3 Å². The van der Waals surface area contributed by atoms with Gasteiger partial charge in [-0.1, -0.05) is 22.0 Å². The molecule has 33 heavy (non-hydrogen) atoms. The summed E-state index contributed by atoms with van der Waals surface area (Å²) in [5.41, 5.74) is 0.977. The summed E-state index contributed by atoms with van der Waals surface area (Å²) in [6, 6.07) is 14.0. The molecule has 4 nitrogen and oxygen atoms in total. The highest BCUT2D eigenvalue weighted by Crippen LogP contribution is 2.31. The highest BCUT2D eigenvalue weighted by atomic mass is 79.9. The highest BCUT2D eigenvalue weighted by molar-refractivity contribution is 9.10. The molecule has 1 saturated heterocycles. The summed E-state index contributed by atoms with van der Waals surface area (Å²) in [5.74, 6) is -9.99. The molecule has 1 fully saturated rings. The molecule has 0 unspecified atom stereocenters. The van der Waals surface area contributed by atoms with Crippen molar-refractivity contribution in [1.82, 2.24) is 0 Å². The van der Waals surface area contributed by atoms with Crippen LogP contribution >= 0.6 is 15.9 Å². The largest absolute Gasteiger partial charge is 0.368 e. The van der Waals surface area contributed by atoms with Crippen molar-refractivity contribution in [1.29, 1.82) is 0 Å². The quantitative estimate of drug-likeness (QED) is 0.268. The highest BCUT2D eigenvalue weighted by Gasteiger charge is 2.30. The minimum atomic E-state index is -2.17. The first-order valence-corrected chi connectivity index (χ1v) is 10.7. The van der Waals surface area contributed by atoms with Crippen molar-refractivity contribution in [2.24, 2.45) is 0 Å². The van der Waals surface area contributed by atoms with E-state index < -0.39 is 34.8 Å². The second-order valence-electron chi connectivity index (χ2n) is 7.40. The van der Waals surface area contributed by atoms with Gasteiger partial charge in [-0.25, -0.2) is 22.0 Å². The van der Waals surface area contributed by atoms with Crippen molar-refractivity contribution < 1.29 is 26.7 Å². The van der Waals surface area contributed by atoms with Crippen molar-refractivity contribution in [3.05, 3.63) is 87.7 Å². The third-order valence-electron chi connectivity index (χ3n) is 5.36. The van der Waals surface area contributed by atoms with Crippen LogP contribution in [0, 0.1) is 29.1 Å². The van der Waals surface area contributed by atoms with Crippen LogP contribution in [-0.4, -0.2) is 32.1 Å². The molecule has 0 atom stereocenters. The Bertz CT molecular complexity index is 1170. The lowest BCUT2D eigenvalue weighted by molar-refractivity contribution is 0.102. The van der Waals surface area contributed by atoms with Gasteiger partial charge in [-0.05, 0) is 42.5 Å². The predicted octanol–water partition coefficient (Wildman–Crippen LogP) is 5.72. The van der Waals surface area contributed by atoms with E-state index in [-0.39, 0.29) is 19.0 Å². The molecule has 1 N–H and O–H groups in total. The molecule has 1 aliphatic rings. The number of anilines is 3. The summed E-state index contributed by atoms with van der Waals surface area (Å²) in [4.78, 5) is 15.4. The fraction of sp³-hybridized carbons (Fsp3) is 0.174. The van der Waals surface area contributed by atoms with Crippen LogP contribution in [0.5, 0.6) is 0 Å². The average molecular weight is 526 g/mol. The van der Waals surface area contributed by atoms with E-state index in [9.17, 15) is 26.7 Å². The first kappa shape index (κ1) is 23.0. The second-order valence-corrected chi connectivity index (χ2v) is 8.32. The Balaban J connectivity index is 1.41. The van der Waals surface area contributed by atoms with E-state index in [0.29, 0.717) is 24.3 Å². The van der Waals surface area contributed by atoms with Crippen LogP contribution in [0.1, 0.15) is 10.4 Å². The lowest BCUT2D eigenvalue weighted by Gasteiger charge is -2.37. The van der Waals surface area contributed by atoms with E-state index >= 15 is 0 Å². The van der Waals surface area contributed by atoms with Gasteiger partial charge in [-0.15, -0.1) is 0 Å². The summed E-state index contributed by atoms with van der Waals surface area (Å²) in [7, 11) is 0. The van der Waals surface area contributed by atoms with Gasteiger partial charge in [0.15, 0.2) is 23.3 Å². The van der Waals surface area contributed by atoms with Crippen LogP contribution in [0.4, 0.5) is 39.0 Å². The zero-order valence-electron chi connectivity index (χ0n) is 17.0. The molecule has 3 aromatic rings. The number of benzene rings is 3. The molecule has 10 heteroatoms. The maximum Gasteiger partial charge on any atom is 0.255 e. The molecule has 1 amide bonds. The standard InChI is InChI=1S/C23H17BrF5N3O/c24-14-3-1-2-13(12-14)23(33)30-15-4-6-16(7-5-15)31-8-10-32(11-9-31)22-20(28)18(26)17(25)19(27)21(22)29/h1-7,12H,8-11H2,(H,30,33). The topological polar surface area (TPSA) is 35.6 Å². The van der Waals surface area contributed by atoms with Crippen molar-refractivity contribution in [2.45, 2.75) is 0 Å². The van der Waals surface area contributed by atoms with Crippen molar-refractivity contribution in [3.63, 3.8) is 0 Å². The summed E-state index contributed by atoms with van der Waals surface area (Å²) in [5, 5.41) is 2.80. The van der Waals surface area contributed by atoms with E-state index in [1.807, 2.05) is 11.0 Å². The summed E-state index contributed by atoms with van der Waals surface area (Å²) >= 11 is 3.32. The number of carbonyl (C=O) groups excluding carboxylic acids is 1. The Morgan fingerprint density at radius 3 is 1.88 bits per heavy atom. The Hall–Kier alpha value is -3.14. The van der Waals surface area contributed by atoms with Gasteiger partial charge < -0.3 is 15.1 Å². The fourth-order valence-electron chi connectivity index (χ4n) is 3.65. The molecule has 1 aliphatic heterocycles. The number of rotatable bonds is 4. The van der Waals surface area contributed by atoms with E-state index in [1.165, 1.54) is 0 Å². The fourth-order valence-corrected chi connectivity index (χ4v) is 4.05. The van der Waals surface area contributed by atoms with Crippen LogP contribution in [0.15, 0.2) is 53.0 Å². The third kappa shape index (κ3) is 4.66. The molecule has 0 saturated carbocycles. The van der Waals surface area contributed by atoms with Crippen LogP contribution < -0.4 is 15.1 Å². The van der Waals surface area contributed by atoms with Gasteiger partial charge in [0.25, 0.3) is 5.91 Å². The Morgan fingerprint density at radius 1 is 0.758 bits per heavy atom. The number of piperazine rings is 1. The van der Waals surface area contributed by atoms with Crippen molar-refractivity contribution >= 4 is 38.9 Å². The molecular weight excluding hydrogens is 509 g/mol. The van der Waals surface area contributed by atoms with Crippen LogP contribution in [0.2, 0.25) is 0 Å². The number of hydrogen-bond donors (Lipinski definition) is 1. The summed E-state index contributed by atoms with van der Waals surface area (Å²) in [6.07, 6.45) is 0. The number of halogens is 6. The molecule has 4 rings (SSSR count). The molecule has 0 aromatic heterocycles. The van der Waals surface area contributed by atoms with E-state index in [0.717, 1.165) is 15.1 Å². The molecular formula is C23H17BrF5N3O. The van der Waals surface area contributed by atoms with E-state index in [2.05, 4.69) is 21.2 Å². The summed E-state index contributed by atoms with van der Waals surface area (Å²) < 4.78 is 69.3. The van der Waals surface area contributed by atoms with E-state index in [1.54, 1.807) is 42.5 Å². The SMILES string of the molecule is O=C(Nc1ccc(N2CCN(c3c(F)c(F)c(F)c(F)c3F)CC2)cc1)c1cccc(Br)c1. The smallest absolute Gasteiger partial charge is 0.255 e. The minimum Gasteiger partial charge on any atom is -0.368 e. The molecule has 0 spiro atoms. The van der Waals surface area contributed by atoms with Gasteiger partial charge >= 0.3 is 0 Å². The Morgan fingerprint density at radius 2 is 1.30 bits per heavy atom. The number of hydrogen-bond acceptors (Lipinski definition) is 3. The molecule has 1 heterocycles. The maximum absolute atomic E-state index is 14.1. The summed E-state index contributed by atoms with van der Waals surface area (Å²) in [6.45, 7) is 0.756. The Kier molecular flexibility index (Phi) is 6.55. The molecule has 3 aromatic carbocycles. The number of carbonyl (C=O) groups is 1. The van der Waals surface area contributed by atoms with E-state index in [4.69, 9.17) is 0 Å². The number of nitrogens with zero attached hydrogens (tertiary/aromatic N) is 2. The van der Waals surface area contributed by atoms with Gasteiger partial charge in [-0.3, -0.25) is 4.79 Å². The lowest BCUT2D eigenvalue weighted by atomic mass is 10.1. The van der Waals surface area contributed by atoms with Gasteiger partial charge in [-0.2, -0.15) is 0 Å². The third-order valence-corrected chi connectivity index (χ3v) is 5.85. The first-order valence-electron chi connectivity index (χ1n) is 9.94. The first-order chi connectivity index (χ1) is 15.8. The number of amides is 1. The van der Waals surface area contributed by atoms with Gasteiger partial charge in [0.1, 0.15) is 5.69 Å². The van der Waals surface area contributed by atoms with Gasteiger partial charge in [0, 0.05) is 47.6 Å². The molecule has 0 bridgehead atoms. The molecule has 172 valence electrons. The molecule has 0 aliphatic carbocycles. The lowest BCUT2D eigenvalue weighted by Crippen LogP contribution is -2.47. The maximum atomic E-state index is 14.1. The minimum absolute atomic E-state index is 0.0692. The average Bonchev–Trinajstić information content (AvgIpc) is 2.82. The number of nitrogens with one attached hydrogen (secondary N) is 1. The normalized spacial score (nSPS) is 13.9. The van der Waals surface area contributed by atoms with Crippen LogP contribution in [0.25, 0.3) is 0 Å². The second kappa shape index (κ2) is 9.38. The monoisotopic (exact) mass is 525 g/mol. The predicted molar refractivity (Wildman–Crippen MR) is 119 cm³/mol. The zero-order chi connectivity index (χ0) is 23.7. The zero-order valence-corrected chi connectivity index (χ0v) is 18.6. The molecule has 0 radical (unpaired) electrons. The van der Waals surface area contributed by atoms with Gasteiger partial charge in [0.05, 0.1) is 0 Å². The van der Waals surface area contributed by atoms with Crippen LogP contribution in [0.3, 0.4) is 0 Å². The van der Waals surface area contributed by atoms with Gasteiger partial charge in [0.2, 0.25) is 5.82 Å². The Labute approximate surface area is 194 Å².